The highest BCUT2D eigenvalue weighted by Crippen LogP contribution is 2.34. The van der Waals surface area contributed by atoms with Crippen molar-refractivity contribution in [3.05, 3.63) is 132 Å². The summed E-state index contributed by atoms with van der Waals surface area (Å²) >= 11 is 1.31. The predicted molar refractivity (Wildman–Crippen MR) is 147 cm³/mol. The van der Waals surface area contributed by atoms with Crippen molar-refractivity contribution in [2.24, 2.45) is 0 Å². The summed E-state index contributed by atoms with van der Waals surface area (Å²) in [7, 11) is 0. The average Bonchev–Trinajstić information content (AvgIpc) is 2.97. The maximum Gasteiger partial charge on any atom is 0.173 e. The largest absolute Gasteiger partial charge is 0.293 e. The van der Waals surface area contributed by atoms with E-state index in [9.17, 15) is 10.1 Å². The number of aromatic nitrogens is 1. The first-order chi connectivity index (χ1) is 17.7. The van der Waals surface area contributed by atoms with Crippen LogP contribution in [0.15, 0.2) is 126 Å². The van der Waals surface area contributed by atoms with Crippen molar-refractivity contribution in [2.75, 3.05) is 5.75 Å². The predicted octanol–water partition coefficient (Wildman–Crippen LogP) is 7.93. The highest BCUT2D eigenvalue weighted by molar-refractivity contribution is 8.00. The van der Waals surface area contributed by atoms with Crippen LogP contribution in [0.5, 0.6) is 0 Å². The Morgan fingerprint density at radius 2 is 1.22 bits per heavy atom. The molecule has 0 amide bonds. The summed E-state index contributed by atoms with van der Waals surface area (Å²) < 4.78 is 0. The molecule has 0 unspecified atom stereocenters. The Morgan fingerprint density at radius 1 is 0.694 bits per heavy atom. The lowest BCUT2D eigenvalue weighted by atomic mass is 9.99. The van der Waals surface area contributed by atoms with Crippen molar-refractivity contribution in [1.29, 1.82) is 5.26 Å². The summed E-state index contributed by atoms with van der Waals surface area (Å²) in [5.74, 6) is 0.190. The third-order valence-electron chi connectivity index (χ3n) is 5.91. The number of Topliss-reactive ketones (excluding diaryl/α,β-unsaturated/α-hetero) is 1. The Balaban J connectivity index is 1.44. The van der Waals surface area contributed by atoms with E-state index in [1.807, 2.05) is 121 Å². The van der Waals surface area contributed by atoms with Crippen LogP contribution in [-0.2, 0) is 0 Å². The Kier molecular flexibility index (Phi) is 7.02. The molecule has 0 saturated heterocycles. The Hall–Kier alpha value is -4.46. The van der Waals surface area contributed by atoms with Crippen molar-refractivity contribution in [1.82, 2.24) is 4.98 Å². The lowest BCUT2D eigenvalue weighted by Gasteiger charge is -2.12. The van der Waals surface area contributed by atoms with E-state index in [-0.39, 0.29) is 11.5 Å². The Labute approximate surface area is 215 Å². The van der Waals surface area contributed by atoms with Crippen molar-refractivity contribution in [3.63, 3.8) is 0 Å². The lowest BCUT2D eigenvalue weighted by molar-refractivity contribution is 0.102. The molecule has 0 fully saturated rings. The number of pyridine rings is 1. The van der Waals surface area contributed by atoms with Gasteiger partial charge in [-0.25, -0.2) is 4.98 Å². The minimum atomic E-state index is -0.00308. The van der Waals surface area contributed by atoms with E-state index < -0.39 is 0 Å². The van der Waals surface area contributed by atoms with E-state index in [4.69, 9.17) is 4.98 Å². The van der Waals surface area contributed by atoms with Gasteiger partial charge in [-0.3, -0.25) is 4.79 Å². The maximum absolute atomic E-state index is 13.0. The molecule has 172 valence electrons. The van der Waals surface area contributed by atoms with Gasteiger partial charge in [0.2, 0.25) is 0 Å². The zero-order valence-corrected chi connectivity index (χ0v) is 20.3. The van der Waals surface area contributed by atoms with Gasteiger partial charge in [0, 0.05) is 16.7 Å². The van der Waals surface area contributed by atoms with Crippen LogP contribution in [0, 0.1) is 11.3 Å². The van der Waals surface area contributed by atoms with Gasteiger partial charge in [-0.1, -0.05) is 127 Å². The average molecular weight is 483 g/mol. The first-order valence-electron chi connectivity index (χ1n) is 11.6. The maximum atomic E-state index is 13.0. The van der Waals surface area contributed by atoms with Gasteiger partial charge in [0.05, 0.1) is 17.0 Å². The first-order valence-corrected chi connectivity index (χ1v) is 12.6. The second-order valence-electron chi connectivity index (χ2n) is 8.23. The molecule has 0 spiro atoms. The highest BCUT2D eigenvalue weighted by atomic mass is 32.2. The molecule has 0 N–H and O–H groups in total. The van der Waals surface area contributed by atoms with Crippen molar-refractivity contribution in [3.8, 4) is 39.6 Å². The number of hydrogen-bond donors (Lipinski definition) is 0. The quantitative estimate of drug-likeness (QED) is 0.175. The number of thioether (sulfide) groups is 1. The molecule has 0 atom stereocenters. The monoisotopic (exact) mass is 482 g/mol. The second kappa shape index (κ2) is 10.9. The smallest absolute Gasteiger partial charge is 0.173 e. The normalized spacial score (nSPS) is 10.5. The van der Waals surface area contributed by atoms with E-state index in [1.165, 1.54) is 11.8 Å². The number of nitrogens with zero attached hydrogens (tertiary/aromatic N) is 2. The molecule has 0 aliphatic carbocycles. The zero-order chi connectivity index (χ0) is 24.7. The number of nitriles is 1. The van der Waals surface area contributed by atoms with Crippen LogP contribution in [0.1, 0.15) is 15.9 Å². The SMILES string of the molecule is N#Cc1c(-c2ccccc2)cc(-c2ccccc2)nc1SCC(=O)c1ccc(-c2ccccc2)cc1. The molecule has 5 rings (SSSR count). The number of benzene rings is 4. The summed E-state index contributed by atoms with van der Waals surface area (Å²) in [4.78, 5) is 17.9. The topological polar surface area (TPSA) is 53.8 Å². The van der Waals surface area contributed by atoms with E-state index in [1.54, 1.807) is 0 Å². The van der Waals surface area contributed by atoms with Crippen LogP contribution in [0.4, 0.5) is 0 Å². The van der Waals surface area contributed by atoms with Gasteiger partial charge in [-0.2, -0.15) is 5.26 Å². The Bertz CT molecular complexity index is 1530. The number of ketones is 1. The molecule has 0 radical (unpaired) electrons. The van der Waals surface area contributed by atoms with Gasteiger partial charge in [-0.05, 0) is 22.8 Å². The standard InChI is InChI=1S/C32H22N2OS/c33-21-29-28(25-12-6-2-7-13-25)20-30(26-14-8-3-9-15-26)34-32(29)36-22-31(35)27-18-16-24(17-19-27)23-10-4-1-5-11-23/h1-20H,22H2. The molecule has 3 nitrogen and oxygen atoms in total. The van der Waals surface area contributed by atoms with Gasteiger partial charge in [0.1, 0.15) is 11.1 Å². The molecule has 1 heterocycles. The van der Waals surface area contributed by atoms with Crippen molar-refractivity contribution < 1.29 is 4.79 Å². The molecular weight excluding hydrogens is 460 g/mol. The second-order valence-corrected chi connectivity index (χ2v) is 9.20. The van der Waals surface area contributed by atoms with Crippen LogP contribution in [0.3, 0.4) is 0 Å². The molecule has 0 aliphatic heterocycles. The summed E-state index contributed by atoms with van der Waals surface area (Å²) in [6, 6.07) is 41.7. The van der Waals surface area contributed by atoms with Crippen LogP contribution < -0.4 is 0 Å². The first kappa shape index (κ1) is 23.3. The third-order valence-corrected chi connectivity index (χ3v) is 6.88. The number of hydrogen-bond acceptors (Lipinski definition) is 4. The molecule has 4 aromatic carbocycles. The number of rotatable bonds is 7. The molecular formula is C32H22N2OS. The van der Waals surface area contributed by atoms with E-state index in [0.29, 0.717) is 16.2 Å². The number of carbonyl (C=O) groups excluding carboxylic acids is 1. The molecule has 0 bridgehead atoms. The Morgan fingerprint density at radius 3 is 1.81 bits per heavy atom. The molecule has 5 aromatic rings. The molecule has 0 aliphatic rings. The van der Waals surface area contributed by atoms with Crippen molar-refractivity contribution >= 4 is 17.5 Å². The minimum absolute atomic E-state index is 0.00308. The van der Waals surface area contributed by atoms with Crippen LogP contribution >= 0.6 is 11.8 Å². The van der Waals surface area contributed by atoms with Gasteiger partial charge < -0.3 is 0 Å². The summed E-state index contributed by atoms with van der Waals surface area (Å²) in [6.07, 6.45) is 0. The van der Waals surface area contributed by atoms with E-state index in [0.717, 1.165) is 33.5 Å². The fourth-order valence-electron chi connectivity index (χ4n) is 4.03. The van der Waals surface area contributed by atoms with Crippen LogP contribution in [0.2, 0.25) is 0 Å². The van der Waals surface area contributed by atoms with Gasteiger partial charge in [0.15, 0.2) is 5.78 Å². The lowest BCUT2D eigenvalue weighted by Crippen LogP contribution is -2.04. The van der Waals surface area contributed by atoms with E-state index >= 15 is 0 Å². The van der Waals surface area contributed by atoms with Gasteiger partial charge in [0.25, 0.3) is 0 Å². The molecule has 36 heavy (non-hydrogen) atoms. The molecule has 0 saturated carbocycles. The molecule has 4 heteroatoms. The van der Waals surface area contributed by atoms with Crippen LogP contribution in [-0.4, -0.2) is 16.5 Å². The third kappa shape index (κ3) is 5.12. The fraction of sp³-hybridized carbons (Fsp3) is 0.0312. The zero-order valence-electron chi connectivity index (χ0n) is 19.5. The summed E-state index contributed by atoms with van der Waals surface area (Å²) in [5, 5.41) is 10.6. The molecule has 1 aromatic heterocycles. The van der Waals surface area contributed by atoms with Crippen molar-refractivity contribution in [2.45, 2.75) is 5.03 Å². The summed E-state index contributed by atoms with van der Waals surface area (Å²) in [6.45, 7) is 0. The van der Waals surface area contributed by atoms with Gasteiger partial charge >= 0.3 is 0 Å². The highest BCUT2D eigenvalue weighted by Gasteiger charge is 2.17. The number of carbonyl (C=O) groups is 1. The summed E-state index contributed by atoms with van der Waals surface area (Å²) in [5.41, 5.74) is 6.80. The fourth-order valence-corrected chi connectivity index (χ4v) is 4.93. The minimum Gasteiger partial charge on any atom is -0.293 e. The van der Waals surface area contributed by atoms with Gasteiger partial charge in [-0.15, -0.1) is 0 Å². The van der Waals surface area contributed by atoms with E-state index in [2.05, 4.69) is 6.07 Å². The van der Waals surface area contributed by atoms with Crippen LogP contribution in [0.25, 0.3) is 33.5 Å².